The van der Waals surface area contributed by atoms with E-state index in [1.54, 1.807) is 45.9 Å². The van der Waals surface area contributed by atoms with Crippen LogP contribution in [-0.2, 0) is 14.3 Å². The Labute approximate surface area is 126 Å². The Morgan fingerprint density at radius 2 is 1.29 bits per heavy atom. The predicted molar refractivity (Wildman–Crippen MR) is 84.3 cm³/mol. The van der Waals surface area contributed by atoms with Crippen LogP contribution in [0.2, 0.25) is 0 Å². The number of hydrogen-bond acceptors (Lipinski definition) is 4. The van der Waals surface area contributed by atoms with Crippen LogP contribution >= 0.6 is 0 Å². The van der Waals surface area contributed by atoms with E-state index in [1.807, 2.05) is 13.8 Å². The van der Waals surface area contributed by atoms with Crippen molar-refractivity contribution in [3.63, 3.8) is 0 Å². The van der Waals surface area contributed by atoms with E-state index in [-0.39, 0.29) is 5.76 Å². The fourth-order valence-electron chi connectivity index (χ4n) is 1.40. The van der Waals surface area contributed by atoms with Crippen molar-refractivity contribution in [2.75, 3.05) is 0 Å². The van der Waals surface area contributed by atoms with E-state index < -0.39 is 5.97 Å². The molecule has 0 rings (SSSR count). The lowest BCUT2D eigenvalue weighted by Crippen LogP contribution is -2.07. The van der Waals surface area contributed by atoms with Crippen molar-refractivity contribution in [1.29, 1.82) is 0 Å². The number of carbonyl (C=O) groups excluding carboxylic acids is 1. The van der Waals surface area contributed by atoms with E-state index in [2.05, 4.69) is 0 Å². The van der Waals surface area contributed by atoms with Crippen molar-refractivity contribution in [2.45, 2.75) is 41.5 Å². The Hall–Kier alpha value is -2.23. The molecule has 0 aliphatic carbocycles. The smallest absolute Gasteiger partial charge is 0.336 e. The molecule has 0 aliphatic rings. The van der Waals surface area contributed by atoms with Crippen LogP contribution in [-0.4, -0.2) is 11.1 Å². The molecule has 0 atom stereocenters. The van der Waals surface area contributed by atoms with Crippen molar-refractivity contribution < 1.29 is 19.4 Å². The monoisotopic (exact) mass is 292 g/mol. The normalized spacial score (nSPS) is 13.8. The molecule has 0 aromatic rings. The summed E-state index contributed by atoms with van der Waals surface area (Å²) in [6, 6.07) is 0. The van der Waals surface area contributed by atoms with E-state index in [1.165, 1.54) is 12.2 Å². The molecular weight excluding hydrogens is 268 g/mol. The number of aliphatic hydroxyl groups is 1. The summed E-state index contributed by atoms with van der Waals surface area (Å²) in [5, 5.41) is 9.72. The molecule has 1 N–H and O–H groups in total. The van der Waals surface area contributed by atoms with Gasteiger partial charge in [0, 0.05) is 6.08 Å². The topological polar surface area (TPSA) is 55.8 Å². The van der Waals surface area contributed by atoms with Crippen LogP contribution in [0.5, 0.6) is 0 Å². The summed E-state index contributed by atoms with van der Waals surface area (Å²) in [6.07, 6.45) is 7.84. The molecule has 4 heteroatoms. The third-order valence-electron chi connectivity index (χ3n) is 2.39. The minimum Gasteiger partial charge on any atom is -0.504 e. The molecular formula is C17H24O4. The zero-order chi connectivity index (χ0) is 16.4. The highest BCUT2D eigenvalue weighted by molar-refractivity contribution is 5.83. The lowest BCUT2D eigenvalue weighted by Gasteiger charge is -2.14. The zero-order valence-corrected chi connectivity index (χ0v) is 13.6. The predicted octanol–water partition coefficient (Wildman–Crippen LogP) is 4.69. The number of allylic oxidation sites excluding steroid dienone is 5. The van der Waals surface area contributed by atoms with E-state index in [0.717, 1.165) is 5.57 Å². The summed E-state index contributed by atoms with van der Waals surface area (Å²) >= 11 is 0. The number of esters is 1. The quantitative estimate of drug-likeness (QED) is 0.334. The van der Waals surface area contributed by atoms with E-state index in [0.29, 0.717) is 17.3 Å². The van der Waals surface area contributed by atoms with Gasteiger partial charge in [-0.25, -0.2) is 4.79 Å². The van der Waals surface area contributed by atoms with Crippen LogP contribution in [0.25, 0.3) is 0 Å². The maximum absolute atomic E-state index is 11.7. The Balaban J connectivity index is 5.18. The van der Waals surface area contributed by atoms with Crippen molar-refractivity contribution >= 4 is 5.97 Å². The number of aliphatic hydroxyl groups excluding tert-OH is 1. The maximum atomic E-state index is 11.7. The second kappa shape index (κ2) is 9.64. The summed E-state index contributed by atoms with van der Waals surface area (Å²) in [4.78, 5) is 11.7. The minimum atomic E-state index is -0.469. The highest BCUT2D eigenvalue weighted by Gasteiger charge is 2.14. The average molecular weight is 292 g/mol. The molecule has 0 saturated heterocycles. The third-order valence-corrected chi connectivity index (χ3v) is 2.39. The number of carbonyl (C=O) groups is 1. The van der Waals surface area contributed by atoms with Gasteiger partial charge >= 0.3 is 5.97 Å². The third kappa shape index (κ3) is 6.65. The molecule has 0 saturated carbocycles. The Morgan fingerprint density at radius 3 is 1.67 bits per heavy atom. The molecule has 0 unspecified atom stereocenters. The molecule has 21 heavy (non-hydrogen) atoms. The number of hydrogen-bond donors (Lipinski definition) is 1. The van der Waals surface area contributed by atoms with Crippen molar-refractivity contribution in [1.82, 2.24) is 0 Å². The highest BCUT2D eigenvalue weighted by atomic mass is 16.6. The van der Waals surface area contributed by atoms with Crippen molar-refractivity contribution in [3.8, 4) is 0 Å². The molecule has 0 bridgehead atoms. The van der Waals surface area contributed by atoms with Crippen LogP contribution in [0, 0.1) is 0 Å². The lowest BCUT2D eigenvalue weighted by molar-refractivity contribution is -0.133. The first kappa shape index (κ1) is 18.8. The van der Waals surface area contributed by atoms with E-state index >= 15 is 0 Å². The first-order chi connectivity index (χ1) is 9.89. The molecule has 0 spiro atoms. The Kier molecular flexibility index (Phi) is 8.62. The summed E-state index contributed by atoms with van der Waals surface area (Å²) in [5.41, 5.74) is 0.846. The second-order valence-electron chi connectivity index (χ2n) is 4.38. The van der Waals surface area contributed by atoms with Gasteiger partial charge in [-0.15, -0.1) is 0 Å². The van der Waals surface area contributed by atoms with Crippen LogP contribution in [0.15, 0.2) is 59.0 Å². The number of rotatable bonds is 6. The van der Waals surface area contributed by atoms with Gasteiger partial charge < -0.3 is 14.6 Å². The molecule has 0 fully saturated rings. The lowest BCUT2D eigenvalue weighted by atomic mass is 10.3. The van der Waals surface area contributed by atoms with Crippen molar-refractivity contribution in [3.05, 3.63) is 59.0 Å². The molecule has 0 aliphatic heterocycles. The molecule has 0 aromatic heterocycles. The summed E-state index contributed by atoms with van der Waals surface area (Å²) in [6.45, 7) is 10.6. The van der Waals surface area contributed by atoms with Gasteiger partial charge in [-0.2, -0.15) is 0 Å². The van der Waals surface area contributed by atoms with Gasteiger partial charge in [-0.05, 0) is 65.8 Å². The summed E-state index contributed by atoms with van der Waals surface area (Å²) < 4.78 is 10.8. The zero-order valence-electron chi connectivity index (χ0n) is 13.6. The molecule has 4 nitrogen and oxygen atoms in total. The van der Waals surface area contributed by atoms with Crippen LogP contribution in [0.3, 0.4) is 0 Å². The van der Waals surface area contributed by atoms with Gasteiger partial charge in [0.1, 0.15) is 0 Å². The van der Waals surface area contributed by atoms with Gasteiger partial charge in [0.2, 0.25) is 0 Å². The first-order valence-electron chi connectivity index (χ1n) is 6.79. The summed E-state index contributed by atoms with van der Waals surface area (Å²) in [7, 11) is 0. The highest BCUT2D eigenvalue weighted by Crippen LogP contribution is 2.21. The van der Waals surface area contributed by atoms with Crippen LogP contribution in [0.1, 0.15) is 41.5 Å². The van der Waals surface area contributed by atoms with E-state index in [9.17, 15) is 9.90 Å². The van der Waals surface area contributed by atoms with Gasteiger partial charge in [0.25, 0.3) is 0 Å². The molecule has 0 amide bonds. The van der Waals surface area contributed by atoms with Crippen LogP contribution < -0.4 is 0 Å². The minimum absolute atomic E-state index is 0.0166. The first-order valence-corrected chi connectivity index (χ1v) is 6.79. The summed E-state index contributed by atoms with van der Waals surface area (Å²) in [5.74, 6) is 0.493. The van der Waals surface area contributed by atoms with Gasteiger partial charge in [-0.3, -0.25) is 0 Å². The fourth-order valence-corrected chi connectivity index (χ4v) is 1.40. The average Bonchev–Trinajstić information content (AvgIpc) is 2.45. The van der Waals surface area contributed by atoms with Gasteiger partial charge in [0.05, 0.1) is 0 Å². The Morgan fingerprint density at radius 1 is 0.810 bits per heavy atom. The standard InChI is InChI=1S/C17H24O4/c1-7-13(18)14(8-2)20-15(9-3)16(10-4)21-17(19)11-12(5)6/h7-11,18H,1-6H3. The molecule has 0 radical (unpaired) electrons. The largest absolute Gasteiger partial charge is 0.504 e. The fraction of sp³-hybridized carbons (Fsp3) is 0.353. The van der Waals surface area contributed by atoms with E-state index in [4.69, 9.17) is 9.47 Å². The molecule has 0 aromatic carbocycles. The molecule has 0 heterocycles. The van der Waals surface area contributed by atoms with Crippen LogP contribution in [0.4, 0.5) is 0 Å². The van der Waals surface area contributed by atoms with Gasteiger partial charge in [-0.1, -0.05) is 5.57 Å². The second-order valence-corrected chi connectivity index (χ2v) is 4.38. The molecule has 116 valence electrons. The van der Waals surface area contributed by atoms with Crippen molar-refractivity contribution in [2.24, 2.45) is 0 Å². The maximum Gasteiger partial charge on any atom is 0.336 e. The SMILES string of the molecule is CC=C(O)C(=CC)OC(=CC)C(=CC)OC(=O)C=C(C)C. The van der Waals surface area contributed by atoms with Gasteiger partial charge in [0.15, 0.2) is 23.0 Å². The Bertz CT molecular complexity index is 513. The number of ether oxygens (including phenoxy) is 2.